The van der Waals surface area contributed by atoms with E-state index >= 15 is 0 Å². The molecule has 0 unspecified atom stereocenters. The van der Waals surface area contributed by atoms with Gasteiger partial charge in [-0.05, 0) is 13.0 Å². The van der Waals surface area contributed by atoms with Crippen molar-refractivity contribution in [2.24, 2.45) is 5.92 Å². The minimum absolute atomic E-state index is 0.0223. The predicted octanol–water partition coefficient (Wildman–Crippen LogP) is 3.72. The number of carbonyl (C=O) groups excluding carboxylic acids is 1. The van der Waals surface area contributed by atoms with Crippen LogP contribution in [0.4, 0.5) is 0 Å². The molecule has 2 heteroatoms. The molecule has 0 aliphatic rings. The molecule has 0 N–H and O–H groups in total. The molecule has 0 aliphatic heterocycles. The van der Waals surface area contributed by atoms with Crippen molar-refractivity contribution >= 4 is 5.78 Å². The van der Waals surface area contributed by atoms with Crippen molar-refractivity contribution in [3.8, 4) is 0 Å². The lowest BCUT2D eigenvalue weighted by Gasteiger charge is -2.13. The Morgan fingerprint density at radius 1 is 1.33 bits per heavy atom. The molecule has 0 spiro atoms. The van der Waals surface area contributed by atoms with Crippen LogP contribution in [0.5, 0.6) is 0 Å². The van der Waals surface area contributed by atoms with Crippen molar-refractivity contribution in [3.63, 3.8) is 0 Å². The number of carbonyl (C=O) groups is 1. The minimum Gasteiger partial charge on any atom is -0.465 e. The SMILES string of the molecule is Cc1oc(C(C)(C)C)cc1C(=O)C(C)C. The molecule has 0 fully saturated rings. The maximum atomic E-state index is 11.8. The lowest BCUT2D eigenvalue weighted by atomic mass is 9.92. The van der Waals surface area contributed by atoms with E-state index in [0.717, 1.165) is 17.1 Å². The van der Waals surface area contributed by atoms with E-state index in [0.29, 0.717) is 0 Å². The molecule has 0 saturated carbocycles. The zero-order chi connectivity index (χ0) is 11.8. The number of aryl methyl sites for hydroxylation is 1. The Hall–Kier alpha value is -1.05. The van der Waals surface area contributed by atoms with Crippen LogP contribution in [0.2, 0.25) is 0 Å². The molecule has 2 nitrogen and oxygen atoms in total. The van der Waals surface area contributed by atoms with E-state index < -0.39 is 0 Å². The van der Waals surface area contributed by atoms with Crippen molar-refractivity contribution in [1.29, 1.82) is 0 Å². The largest absolute Gasteiger partial charge is 0.465 e. The molecule has 0 radical (unpaired) electrons. The summed E-state index contributed by atoms with van der Waals surface area (Å²) in [6.45, 7) is 11.9. The van der Waals surface area contributed by atoms with Crippen LogP contribution in [0, 0.1) is 12.8 Å². The number of Topliss-reactive ketones (excluding diaryl/α,β-unsaturated/α-hetero) is 1. The summed E-state index contributed by atoms with van der Waals surface area (Å²) in [5.41, 5.74) is 0.690. The highest BCUT2D eigenvalue weighted by molar-refractivity contribution is 5.98. The molecule has 0 bridgehead atoms. The minimum atomic E-state index is -0.0414. The van der Waals surface area contributed by atoms with Gasteiger partial charge in [-0.15, -0.1) is 0 Å². The first kappa shape index (κ1) is 12.0. The number of furan rings is 1. The predicted molar refractivity (Wildman–Crippen MR) is 61.3 cm³/mol. The van der Waals surface area contributed by atoms with Gasteiger partial charge in [0.15, 0.2) is 5.78 Å². The summed E-state index contributed by atoms with van der Waals surface area (Å²) in [5, 5.41) is 0. The molecule has 0 amide bonds. The second-order valence-corrected chi connectivity index (χ2v) is 5.35. The number of hydrogen-bond acceptors (Lipinski definition) is 2. The Labute approximate surface area is 91.7 Å². The van der Waals surface area contributed by atoms with Crippen LogP contribution in [0.15, 0.2) is 10.5 Å². The van der Waals surface area contributed by atoms with Gasteiger partial charge in [0.05, 0.1) is 5.56 Å². The monoisotopic (exact) mass is 208 g/mol. The zero-order valence-electron chi connectivity index (χ0n) is 10.5. The first-order chi connectivity index (χ1) is 6.73. The number of hydrogen-bond donors (Lipinski definition) is 0. The maximum Gasteiger partial charge on any atom is 0.168 e. The van der Waals surface area contributed by atoms with Crippen molar-refractivity contribution in [3.05, 3.63) is 23.2 Å². The topological polar surface area (TPSA) is 30.2 Å². The Morgan fingerprint density at radius 2 is 1.87 bits per heavy atom. The summed E-state index contributed by atoms with van der Waals surface area (Å²) >= 11 is 0. The average molecular weight is 208 g/mol. The quantitative estimate of drug-likeness (QED) is 0.693. The van der Waals surface area contributed by atoms with Gasteiger partial charge >= 0.3 is 0 Å². The summed E-state index contributed by atoms with van der Waals surface area (Å²) in [5.74, 6) is 1.79. The molecule has 1 rings (SSSR count). The molecule has 0 aliphatic carbocycles. The fourth-order valence-electron chi connectivity index (χ4n) is 1.41. The van der Waals surface area contributed by atoms with Gasteiger partial charge in [0, 0.05) is 11.3 Å². The van der Waals surface area contributed by atoms with Gasteiger partial charge in [0.2, 0.25) is 0 Å². The van der Waals surface area contributed by atoms with Crippen LogP contribution >= 0.6 is 0 Å². The first-order valence-corrected chi connectivity index (χ1v) is 5.38. The lowest BCUT2D eigenvalue weighted by molar-refractivity contribution is 0.0938. The summed E-state index contributed by atoms with van der Waals surface area (Å²) in [6.07, 6.45) is 0. The maximum absolute atomic E-state index is 11.8. The van der Waals surface area contributed by atoms with Crippen molar-refractivity contribution in [2.75, 3.05) is 0 Å². The standard InChI is InChI=1S/C13H20O2/c1-8(2)12(14)10-7-11(13(4,5)6)15-9(10)3/h7-8H,1-6H3. The van der Waals surface area contributed by atoms with Crippen molar-refractivity contribution < 1.29 is 9.21 Å². The van der Waals surface area contributed by atoms with Gasteiger partial charge in [-0.2, -0.15) is 0 Å². The van der Waals surface area contributed by atoms with Gasteiger partial charge in [-0.3, -0.25) is 4.79 Å². The molecule has 0 saturated heterocycles. The molecular formula is C13H20O2. The molecule has 84 valence electrons. The van der Waals surface area contributed by atoms with E-state index in [1.807, 2.05) is 26.8 Å². The lowest BCUT2D eigenvalue weighted by Crippen LogP contribution is -2.10. The Bertz CT molecular complexity index is 364. The normalized spacial score (nSPS) is 12.2. The summed E-state index contributed by atoms with van der Waals surface area (Å²) in [6, 6.07) is 1.89. The fraction of sp³-hybridized carbons (Fsp3) is 0.615. The highest BCUT2D eigenvalue weighted by Crippen LogP contribution is 2.28. The van der Waals surface area contributed by atoms with Crippen LogP contribution in [0.3, 0.4) is 0 Å². The third kappa shape index (κ3) is 2.49. The van der Waals surface area contributed by atoms with Gasteiger partial charge < -0.3 is 4.42 Å². The van der Waals surface area contributed by atoms with Gasteiger partial charge in [-0.25, -0.2) is 0 Å². The van der Waals surface area contributed by atoms with Crippen LogP contribution in [0.1, 0.15) is 56.5 Å². The number of ketones is 1. The number of rotatable bonds is 2. The fourth-order valence-corrected chi connectivity index (χ4v) is 1.41. The van der Waals surface area contributed by atoms with Crippen LogP contribution in [0.25, 0.3) is 0 Å². The molecule has 0 atom stereocenters. The molecule has 1 aromatic heterocycles. The summed E-state index contributed by atoms with van der Waals surface area (Å²) < 4.78 is 5.63. The van der Waals surface area contributed by atoms with E-state index in [2.05, 4.69) is 20.8 Å². The van der Waals surface area contributed by atoms with Crippen molar-refractivity contribution in [1.82, 2.24) is 0 Å². The van der Waals surface area contributed by atoms with Gasteiger partial charge in [-0.1, -0.05) is 34.6 Å². The molecule has 15 heavy (non-hydrogen) atoms. The van der Waals surface area contributed by atoms with E-state index in [1.165, 1.54) is 0 Å². The summed E-state index contributed by atoms with van der Waals surface area (Å²) in [7, 11) is 0. The third-order valence-corrected chi connectivity index (χ3v) is 2.45. The van der Waals surface area contributed by atoms with Crippen LogP contribution in [-0.4, -0.2) is 5.78 Å². The highest BCUT2D eigenvalue weighted by Gasteiger charge is 2.23. The van der Waals surface area contributed by atoms with E-state index in [1.54, 1.807) is 0 Å². The Balaban J connectivity index is 3.13. The van der Waals surface area contributed by atoms with Gasteiger partial charge in [0.25, 0.3) is 0 Å². The zero-order valence-corrected chi connectivity index (χ0v) is 10.5. The first-order valence-electron chi connectivity index (χ1n) is 5.38. The molecule has 0 aromatic carbocycles. The van der Waals surface area contributed by atoms with Crippen LogP contribution in [-0.2, 0) is 5.41 Å². The molecule has 1 heterocycles. The summed E-state index contributed by atoms with van der Waals surface area (Å²) in [4.78, 5) is 11.8. The van der Waals surface area contributed by atoms with Crippen molar-refractivity contribution in [2.45, 2.75) is 47.0 Å². The molecule has 1 aromatic rings. The smallest absolute Gasteiger partial charge is 0.168 e. The Kier molecular flexibility index (Phi) is 3.08. The highest BCUT2D eigenvalue weighted by atomic mass is 16.3. The van der Waals surface area contributed by atoms with Crippen LogP contribution < -0.4 is 0 Å². The third-order valence-electron chi connectivity index (χ3n) is 2.45. The van der Waals surface area contributed by atoms with E-state index in [9.17, 15) is 4.79 Å². The molecular weight excluding hydrogens is 188 g/mol. The van der Waals surface area contributed by atoms with E-state index in [-0.39, 0.29) is 17.1 Å². The second kappa shape index (κ2) is 3.84. The second-order valence-electron chi connectivity index (χ2n) is 5.35. The van der Waals surface area contributed by atoms with Gasteiger partial charge in [0.1, 0.15) is 11.5 Å². The van der Waals surface area contributed by atoms with E-state index in [4.69, 9.17) is 4.42 Å². The average Bonchev–Trinajstić information content (AvgIpc) is 2.45. The Morgan fingerprint density at radius 3 is 2.20 bits per heavy atom.